The lowest BCUT2D eigenvalue weighted by Crippen LogP contribution is -2.37. The second kappa shape index (κ2) is 9.14. The minimum atomic E-state index is -0.245. The van der Waals surface area contributed by atoms with Gasteiger partial charge in [-0.25, -0.2) is 4.39 Å². The van der Waals surface area contributed by atoms with E-state index in [2.05, 4.69) is 17.6 Å². The molecule has 1 saturated heterocycles. The van der Waals surface area contributed by atoms with Crippen LogP contribution in [0.5, 0.6) is 0 Å². The van der Waals surface area contributed by atoms with Gasteiger partial charge in [0.05, 0.1) is 6.04 Å². The first-order chi connectivity index (χ1) is 11.5. The average molecular weight is 335 g/mol. The van der Waals surface area contributed by atoms with Gasteiger partial charge in [-0.3, -0.25) is 4.79 Å². The van der Waals surface area contributed by atoms with Crippen molar-refractivity contribution < 1.29 is 9.18 Å². The summed E-state index contributed by atoms with van der Waals surface area (Å²) in [6.07, 6.45) is 2.87. The summed E-state index contributed by atoms with van der Waals surface area (Å²) in [5.41, 5.74) is 0.881. The fourth-order valence-electron chi connectivity index (χ4n) is 3.47. The Morgan fingerprint density at radius 2 is 2.08 bits per heavy atom. The Hall–Kier alpha value is -1.46. The Morgan fingerprint density at radius 3 is 2.71 bits per heavy atom. The van der Waals surface area contributed by atoms with Crippen molar-refractivity contribution in [3.05, 3.63) is 35.6 Å². The maximum Gasteiger partial charge on any atom is 0.220 e. The lowest BCUT2D eigenvalue weighted by atomic mass is 9.84. The molecule has 1 heterocycles. The van der Waals surface area contributed by atoms with Crippen molar-refractivity contribution in [2.45, 2.75) is 32.2 Å². The monoisotopic (exact) mass is 335 g/mol. The molecule has 0 aromatic heterocycles. The van der Waals surface area contributed by atoms with Gasteiger partial charge >= 0.3 is 0 Å². The van der Waals surface area contributed by atoms with E-state index in [9.17, 15) is 9.18 Å². The fourth-order valence-corrected chi connectivity index (χ4v) is 3.47. The number of likely N-dealkylation sites (N-methyl/N-ethyl adjacent to an activating group) is 1. The molecule has 1 aliphatic rings. The summed E-state index contributed by atoms with van der Waals surface area (Å²) in [7, 11) is 3.89. The number of halogens is 1. The summed E-state index contributed by atoms with van der Waals surface area (Å²) in [6, 6.07) is 6.56. The molecule has 24 heavy (non-hydrogen) atoms. The SMILES string of the molecule is CC(CC(=O)NCC(c1cccc(F)c1)N(C)C)C1CCNCC1. The quantitative estimate of drug-likeness (QED) is 0.805. The minimum Gasteiger partial charge on any atom is -0.354 e. The summed E-state index contributed by atoms with van der Waals surface area (Å²) >= 11 is 0. The molecule has 2 atom stereocenters. The maximum atomic E-state index is 13.5. The van der Waals surface area contributed by atoms with E-state index in [0.717, 1.165) is 31.5 Å². The number of benzene rings is 1. The topological polar surface area (TPSA) is 44.4 Å². The van der Waals surface area contributed by atoms with Gasteiger partial charge in [0, 0.05) is 13.0 Å². The fraction of sp³-hybridized carbons (Fsp3) is 0.632. The Morgan fingerprint density at radius 1 is 1.38 bits per heavy atom. The van der Waals surface area contributed by atoms with Crippen molar-refractivity contribution in [1.82, 2.24) is 15.5 Å². The van der Waals surface area contributed by atoms with Crippen LogP contribution in [0.4, 0.5) is 4.39 Å². The highest BCUT2D eigenvalue weighted by molar-refractivity contribution is 5.76. The number of hydrogen-bond acceptors (Lipinski definition) is 3. The molecule has 1 fully saturated rings. The molecule has 2 unspecified atom stereocenters. The third-order valence-corrected chi connectivity index (χ3v) is 5.05. The van der Waals surface area contributed by atoms with E-state index in [1.807, 2.05) is 25.1 Å². The molecule has 4 nitrogen and oxygen atoms in total. The van der Waals surface area contributed by atoms with E-state index in [1.54, 1.807) is 6.07 Å². The van der Waals surface area contributed by atoms with Crippen LogP contribution in [-0.4, -0.2) is 44.5 Å². The number of nitrogens with zero attached hydrogens (tertiary/aromatic N) is 1. The van der Waals surface area contributed by atoms with Crippen molar-refractivity contribution in [3.63, 3.8) is 0 Å². The number of carbonyl (C=O) groups is 1. The zero-order valence-corrected chi connectivity index (χ0v) is 15.0. The van der Waals surface area contributed by atoms with E-state index in [1.165, 1.54) is 12.1 Å². The molecule has 1 amide bonds. The van der Waals surface area contributed by atoms with Crippen molar-refractivity contribution in [1.29, 1.82) is 0 Å². The van der Waals surface area contributed by atoms with E-state index < -0.39 is 0 Å². The van der Waals surface area contributed by atoms with Gasteiger partial charge in [-0.05, 0) is 69.6 Å². The second-order valence-electron chi connectivity index (χ2n) is 7.11. The van der Waals surface area contributed by atoms with Crippen LogP contribution >= 0.6 is 0 Å². The number of nitrogens with one attached hydrogen (secondary N) is 2. The van der Waals surface area contributed by atoms with Crippen LogP contribution in [0.3, 0.4) is 0 Å². The lowest BCUT2D eigenvalue weighted by Gasteiger charge is -2.29. The van der Waals surface area contributed by atoms with Gasteiger partial charge in [-0.1, -0.05) is 19.1 Å². The van der Waals surface area contributed by atoms with E-state index in [0.29, 0.717) is 24.8 Å². The summed E-state index contributed by atoms with van der Waals surface area (Å²) in [6.45, 7) is 4.78. The highest BCUT2D eigenvalue weighted by Crippen LogP contribution is 2.24. The van der Waals surface area contributed by atoms with E-state index in [4.69, 9.17) is 0 Å². The molecule has 1 aromatic carbocycles. The summed E-state index contributed by atoms with van der Waals surface area (Å²) in [5, 5.41) is 6.39. The van der Waals surface area contributed by atoms with Gasteiger partial charge in [-0.2, -0.15) is 0 Å². The standard InChI is InChI=1S/C19H30FN3O/c1-14(15-7-9-21-10-8-15)11-19(24)22-13-18(23(2)3)16-5-4-6-17(20)12-16/h4-6,12,14-15,18,21H,7-11,13H2,1-3H3,(H,22,24). The first kappa shape index (κ1) is 18.9. The van der Waals surface area contributed by atoms with Crippen LogP contribution in [0, 0.1) is 17.7 Å². The average Bonchev–Trinajstić information content (AvgIpc) is 2.55. The summed E-state index contributed by atoms with van der Waals surface area (Å²) in [4.78, 5) is 14.3. The Bertz CT molecular complexity index is 529. The largest absolute Gasteiger partial charge is 0.354 e. The molecule has 0 radical (unpaired) electrons. The van der Waals surface area contributed by atoms with Gasteiger partial charge in [-0.15, -0.1) is 0 Å². The van der Waals surface area contributed by atoms with Crippen molar-refractivity contribution in [3.8, 4) is 0 Å². The molecule has 0 saturated carbocycles. The van der Waals surface area contributed by atoms with Gasteiger partial charge in [0.2, 0.25) is 5.91 Å². The highest BCUT2D eigenvalue weighted by Gasteiger charge is 2.23. The van der Waals surface area contributed by atoms with Crippen LogP contribution in [-0.2, 0) is 4.79 Å². The first-order valence-electron chi connectivity index (χ1n) is 8.86. The molecule has 2 N–H and O–H groups in total. The molecule has 1 aromatic rings. The molecular weight excluding hydrogens is 305 g/mol. The van der Waals surface area contributed by atoms with Crippen LogP contribution in [0.1, 0.15) is 37.8 Å². The number of hydrogen-bond donors (Lipinski definition) is 2. The minimum absolute atomic E-state index is 0.0289. The van der Waals surface area contributed by atoms with Crippen molar-refractivity contribution in [2.75, 3.05) is 33.7 Å². The molecule has 0 bridgehead atoms. The summed E-state index contributed by atoms with van der Waals surface area (Å²) < 4.78 is 13.5. The Kier molecular flexibility index (Phi) is 7.18. The molecule has 5 heteroatoms. The molecule has 0 aliphatic carbocycles. The zero-order valence-electron chi connectivity index (χ0n) is 15.0. The number of carbonyl (C=O) groups excluding carboxylic acids is 1. The van der Waals surface area contributed by atoms with E-state index >= 15 is 0 Å². The number of amides is 1. The molecular formula is C19H30FN3O. The van der Waals surface area contributed by atoms with Gasteiger partial charge in [0.1, 0.15) is 5.82 Å². The maximum absolute atomic E-state index is 13.5. The molecule has 134 valence electrons. The third-order valence-electron chi connectivity index (χ3n) is 5.05. The predicted octanol–water partition coefficient (Wildman–Crippen LogP) is 2.57. The Balaban J connectivity index is 1.86. The molecule has 2 rings (SSSR count). The van der Waals surface area contributed by atoms with Crippen molar-refractivity contribution in [2.24, 2.45) is 11.8 Å². The second-order valence-corrected chi connectivity index (χ2v) is 7.11. The van der Waals surface area contributed by atoms with Gasteiger partial charge in [0.15, 0.2) is 0 Å². The van der Waals surface area contributed by atoms with Crippen LogP contribution in [0.15, 0.2) is 24.3 Å². The normalized spacial score (nSPS) is 18.4. The molecule has 1 aliphatic heterocycles. The van der Waals surface area contributed by atoms with Crippen LogP contribution in [0.2, 0.25) is 0 Å². The van der Waals surface area contributed by atoms with E-state index in [-0.39, 0.29) is 17.8 Å². The molecule has 0 spiro atoms. The number of piperidine rings is 1. The van der Waals surface area contributed by atoms with Crippen molar-refractivity contribution >= 4 is 5.91 Å². The predicted molar refractivity (Wildman–Crippen MR) is 95.2 cm³/mol. The van der Waals surface area contributed by atoms with Gasteiger partial charge < -0.3 is 15.5 Å². The highest BCUT2D eigenvalue weighted by atomic mass is 19.1. The zero-order chi connectivity index (χ0) is 17.5. The summed E-state index contributed by atoms with van der Waals surface area (Å²) in [5.74, 6) is 0.874. The van der Waals surface area contributed by atoms with Gasteiger partial charge in [0.25, 0.3) is 0 Å². The van der Waals surface area contributed by atoms with Crippen LogP contribution < -0.4 is 10.6 Å². The lowest BCUT2D eigenvalue weighted by molar-refractivity contribution is -0.122. The smallest absolute Gasteiger partial charge is 0.220 e. The third kappa shape index (κ3) is 5.56. The first-order valence-corrected chi connectivity index (χ1v) is 8.86. The van der Waals surface area contributed by atoms with Crippen LogP contribution in [0.25, 0.3) is 0 Å². The Labute approximate surface area is 144 Å². The number of rotatable bonds is 7.